The Morgan fingerprint density at radius 1 is 1.30 bits per heavy atom. The molecular weight excluding hydrogens is 307 g/mol. The Labute approximate surface area is 118 Å². The quantitative estimate of drug-likeness (QED) is 0.874. The first-order chi connectivity index (χ1) is 9.42. The number of nitrogens with one attached hydrogen (secondary N) is 1. The van der Waals surface area contributed by atoms with E-state index in [1.54, 1.807) is 6.07 Å². The summed E-state index contributed by atoms with van der Waals surface area (Å²) in [6, 6.07) is 4.82. The van der Waals surface area contributed by atoms with Gasteiger partial charge in [-0.1, -0.05) is 0 Å². The zero-order valence-electron chi connectivity index (χ0n) is 9.71. The van der Waals surface area contributed by atoms with Crippen molar-refractivity contribution in [3.05, 3.63) is 47.3 Å². The van der Waals surface area contributed by atoms with Gasteiger partial charge in [0, 0.05) is 0 Å². The molecule has 1 N–H and O–H groups in total. The van der Waals surface area contributed by atoms with E-state index in [9.17, 15) is 12.8 Å². The highest BCUT2D eigenvalue weighted by molar-refractivity contribution is 7.92. The number of hydrogen-bond donors (Lipinski definition) is 1. The molecule has 0 atom stereocenters. The molecule has 0 bridgehead atoms. The van der Waals surface area contributed by atoms with Crippen LogP contribution in [0.4, 0.5) is 10.1 Å². The summed E-state index contributed by atoms with van der Waals surface area (Å²) in [4.78, 5) is 6.88. The third kappa shape index (κ3) is 3.01. The molecule has 0 saturated carbocycles. The first kappa shape index (κ1) is 14.2. The normalized spacial score (nSPS) is 10.8. The largest absolute Gasteiger partial charge is 0.278 e. The molecule has 0 amide bonds. The lowest BCUT2D eigenvalue weighted by molar-refractivity contribution is 0.600. The number of aromatic nitrogens is 2. The Bertz CT molecular complexity index is 787. The third-order valence-electron chi connectivity index (χ3n) is 2.25. The summed E-state index contributed by atoms with van der Waals surface area (Å²) in [6.45, 7) is 0. The van der Waals surface area contributed by atoms with E-state index in [0.29, 0.717) is 0 Å². The topological polar surface area (TPSA) is 95.7 Å². The fraction of sp³-hybridized carbons (Fsp3) is 0. The van der Waals surface area contributed by atoms with E-state index in [-0.39, 0.29) is 21.4 Å². The Balaban J connectivity index is 2.39. The van der Waals surface area contributed by atoms with Crippen LogP contribution in [0.2, 0.25) is 5.28 Å². The maximum atomic E-state index is 13.0. The number of anilines is 1. The lowest BCUT2D eigenvalue weighted by atomic mass is 10.2. The molecule has 1 aromatic heterocycles. The van der Waals surface area contributed by atoms with Crippen molar-refractivity contribution in [1.29, 1.82) is 5.26 Å². The number of rotatable bonds is 3. The van der Waals surface area contributed by atoms with Crippen LogP contribution in [0, 0.1) is 17.1 Å². The molecule has 0 aliphatic rings. The van der Waals surface area contributed by atoms with Crippen LogP contribution in [0.25, 0.3) is 0 Å². The fourth-order valence-corrected chi connectivity index (χ4v) is 2.41. The standard InChI is InChI=1S/C11H6ClFN4O2S/c12-11-15-5-9(6-16-11)20(18,19)17-10-2-1-8(13)3-7(10)4-14/h1-3,5-6,17H. The lowest BCUT2D eigenvalue weighted by Crippen LogP contribution is -2.14. The van der Waals surface area contributed by atoms with E-state index in [0.717, 1.165) is 30.6 Å². The van der Waals surface area contributed by atoms with Crippen LogP contribution >= 0.6 is 11.6 Å². The number of benzene rings is 1. The SMILES string of the molecule is N#Cc1cc(F)ccc1NS(=O)(=O)c1cnc(Cl)nc1. The minimum Gasteiger partial charge on any atom is -0.278 e. The van der Waals surface area contributed by atoms with Crippen molar-refractivity contribution in [2.45, 2.75) is 4.90 Å². The van der Waals surface area contributed by atoms with E-state index < -0.39 is 15.8 Å². The number of sulfonamides is 1. The molecule has 102 valence electrons. The highest BCUT2D eigenvalue weighted by Gasteiger charge is 2.17. The van der Waals surface area contributed by atoms with E-state index in [4.69, 9.17) is 16.9 Å². The van der Waals surface area contributed by atoms with Crippen molar-refractivity contribution < 1.29 is 12.8 Å². The smallest absolute Gasteiger partial charge is 0.265 e. The molecule has 0 fully saturated rings. The summed E-state index contributed by atoms with van der Waals surface area (Å²) < 4.78 is 39.2. The minimum absolute atomic E-state index is 0.0381. The number of nitrogens with zero attached hydrogens (tertiary/aromatic N) is 3. The monoisotopic (exact) mass is 312 g/mol. The lowest BCUT2D eigenvalue weighted by Gasteiger charge is -2.08. The first-order valence-electron chi connectivity index (χ1n) is 5.12. The summed E-state index contributed by atoms with van der Waals surface area (Å²) in [6.07, 6.45) is 2.04. The Morgan fingerprint density at radius 3 is 2.55 bits per heavy atom. The van der Waals surface area contributed by atoms with Crippen molar-refractivity contribution in [2.24, 2.45) is 0 Å². The van der Waals surface area contributed by atoms with Crippen molar-refractivity contribution in [3.8, 4) is 6.07 Å². The molecule has 0 aliphatic heterocycles. The highest BCUT2D eigenvalue weighted by atomic mass is 35.5. The molecule has 6 nitrogen and oxygen atoms in total. The summed E-state index contributed by atoms with van der Waals surface area (Å²) in [5.74, 6) is -0.640. The number of halogens is 2. The summed E-state index contributed by atoms with van der Waals surface area (Å²) in [5.41, 5.74) is -0.174. The van der Waals surface area contributed by atoms with Crippen molar-refractivity contribution in [1.82, 2.24) is 9.97 Å². The van der Waals surface area contributed by atoms with Gasteiger partial charge in [0.05, 0.1) is 23.6 Å². The number of nitriles is 1. The molecule has 20 heavy (non-hydrogen) atoms. The molecule has 0 saturated heterocycles. The average Bonchev–Trinajstić information content (AvgIpc) is 2.41. The van der Waals surface area contributed by atoms with E-state index >= 15 is 0 Å². The predicted octanol–water partition coefficient (Wildman–Crippen LogP) is 1.94. The molecule has 9 heteroatoms. The van der Waals surface area contributed by atoms with Crippen molar-refractivity contribution in [2.75, 3.05) is 4.72 Å². The summed E-state index contributed by atoms with van der Waals surface area (Å²) in [5, 5.41) is 8.76. The number of hydrogen-bond acceptors (Lipinski definition) is 5. The second-order valence-corrected chi connectivity index (χ2v) is 5.62. The van der Waals surface area contributed by atoms with Crippen molar-refractivity contribution in [3.63, 3.8) is 0 Å². The second kappa shape index (κ2) is 5.40. The molecule has 2 aromatic rings. The molecular formula is C11H6ClFN4O2S. The van der Waals surface area contributed by atoms with Crippen LogP contribution in [0.3, 0.4) is 0 Å². The van der Waals surface area contributed by atoms with E-state index in [1.807, 2.05) is 0 Å². The third-order valence-corrected chi connectivity index (χ3v) is 3.77. The summed E-state index contributed by atoms with van der Waals surface area (Å²) in [7, 11) is -3.98. The van der Waals surface area contributed by atoms with Gasteiger partial charge >= 0.3 is 0 Å². The highest BCUT2D eigenvalue weighted by Crippen LogP contribution is 2.20. The van der Waals surface area contributed by atoms with Crippen LogP contribution < -0.4 is 4.72 Å². The van der Waals surface area contributed by atoms with Gasteiger partial charge in [-0.05, 0) is 29.8 Å². The van der Waals surface area contributed by atoms with Gasteiger partial charge in [-0.3, -0.25) is 4.72 Å². The molecule has 1 aromatic carbocycles. The van der Waals surface area contributed by atoms with Gasteiger partial charge in [0.1, 0.15) is 16.8 Å². The zero-order chi connectivity index (χ0) is 14.8. The second-order valence-electron chi connectivity index (χ2n) is 3.60. The van der Waals surface area contributed by atoms with Crippen LogP contribution in [-0.2, 0) is 10.0 Å². The maximum absolute atomic E-state index is 13.0. The molecule has 2 rings (SSSR count). The maximum Gasteiger partial charge on any atom is 0.265 e. The molecule has 0 aliphatic carbocycles. The van der Waals surface area contributed by atoms with Gasteiger partial charge in [0.2, 0.25) is 5.28 Å². The van der Waals surface area contributed by atoms with Gasteiger partial charge in [0.25, 0.3) is 10.0 Å². The molecule has 0 radical (unpaired) electrons. The zero-order valence-corrected chi connectivity index (χ0v) is 11.3. The van der Waals surface area contributed by atoms with Gasteiger partial charge in [-0.25, -0.2) is 22.8 Å². The average molecular weight is 313 g/mol. The van der Waals surface area contributed by atoms with Gasteiger partial charge < -0.3 is 0 Å². The molecule has 1 heterocycles. The molecule has 0 unspecified atom stereocenters. The Kier molecular flexibility index (Phi) is 3.83. The van der Waals surface area contributed by atoms with Gasteiger partial charge in [-0.2, -0.15) is 5.26 Å². The van der Waals surface area contributed by atoms with Crippen LogP contribution in [0.15, 0.2) is 35.5 Å². The summed E-state index contributed by atoms with van der Waals surface area (Å²) >= 11 is 5.46. The van der Waals surface area contributed by atoms with E-state index in [2.05, 4.69) is 14.7 Å². The van der Waals surface area contributed by atoms with Gasteiger partial charge in [0.15, 0.2) is 0 Å². The van der Waals surface area contributed by atoms with E-state index in [1.165, 1.54) is 0 Å². The van der Waals surface area contributed by atoms with Crippen LogP contribution in [0.5, 0.6) is 0 Å². The van der Waals surface area contributed by atoms with Crippen LogP contribution in [0.1, 0.15) is 5.56 Å². The van der Waals surface area contributed by atoms with Crippen LogP contribution in [-0.4, -0.2) is 18.4 Å². The van der Waals surface area contributed by atoms with Crippen molar-refractivity contribution >= 4 is 27.3 Å². The molecule has 0 spiro atoms. The minimum atomic E-state index is -3.98. The first-order valence-corrected chi connectivity index (χ1v) is 6.98. The predicted molar refractivity (Wildman–Crippen MR) is 69.0 cm³/mol. The van der Waals surface area contributed by atoms with Gasteiger partial charge in [-0.15, -0.1) is 0 Å². The fourth-order valence-electron chi connectivity index (χ4n) is 1.34. The Hall–Kier alpha value is -2.24. The Morgan fingerprint density at radius 2 is 1.95 bits per heavy atom.